The van der Waals surface area contributed by atoms with Crippen molar-refractivity contribution < 1.29 is 9.59 Å². The van der Waals surface area contributed by atoms with Gasteiger partial charge in [-0.2, -0.15) is 0 Å². The summed E-state index contributed by atoms with van der Waals surface area (Å²) < 4.78 is 0. The number of rotatable bonds is 8. The number of benzene rings is 3. The molecule has 2 aliphatic rings. The maximum absolute atomic E-state index is 13.9. The van der Waals surface area contributed by atoms with Crippen LogP contribution in [0.2, 0.25) is 0 Å². The molecule has 0 aromatic heterocycles. The van der Waals surface area contributed by atoms with Crippen LogP contribution in [-0.4, -0.2) is 24.8 Å². The zero-order valence-corrected chi connectivity index (χ0v) is 26.5. The molecule has 1 amide bonds. The Morgan fingerprint density at radius 1 is 0.767 bits per heavy atom. The highest BCUT2D eigenvalue weighted by atomic mass is 16.1. The van der Waals surface area contributed by atoms with Crippen LogP contribution < -0.4 is 15.1 Å². The van der Waals surface area contributed by atoms with Gasteiger partial charge in [-0.25, -0.2) is 0 Å². The van der Waals surface area contributed by atoms with Gasteiger partial charge in [-0.05, 0) is 74.4 Å². The first-order valence-corrected chi connectivity index (χ1v) is 15.4. The summed E-state index contributed by atoms with van der Waals surface area (Å²) >= 11 is 0. The predicted molar refractivity (Wildman–Crippen MR) is 178 cm³/mol. The molecule has 1 atom stereocenters. The SMILES string of the molecule is Cc1ccc(N2C=C(C(=O)CCC3CN(c4ccc(C)cc4)C=C(C(=O)Nc4ccccc4)C3(C)C)C(C)(C)CC2)cc1. The fraction of sp³-hybridized carbons (Fsp3) is 0.368. The summed E-state index contributed by atoms with van der Waals surface area (Å²) in [5.41, 5.74) is 6.36. The predicted octanol–water partition coefficient (Wildman–Crippen LogP) is 8.46. The number of nitrogens with zero attached hydrogens (tertiary/aromatic N) is 2. The number of para-hydroxylation sites is 1. The first-order valence-electron chi connectivity index (χ1n) is 15.4. The molecular formula is C38H45N3O2. The van der Waals surface area contributed by atoms with Crippen LogP contribution in [-0.2, 0) is 9.59 Å². The molecule has 0 fully saturated rings. The van der Waals surface area contributed by atoms with Crippen molar-refractivity contribution in [1.29, 1.82) is 0 Å². The number of carbonyl (C=O) groups is 2. The molecule has 0 saturated carbocycles. The van der Waals surface area contributed by atoms with E-state index in [9.17, 15) is 9.59 Å². The van der Waals surface area contributed by atoms with Gasteiger partial charge in [0.2, 0.25) is 0 Å². The summed E-state index contributed by atoms with van der Waals surface area (Å²) in [4.78, 5) is 32.1. The van der Waals surface area contributed by atoms with E-state index in [2.05, 4.69) is 111 Å². The van der Waals surface area contributed by atoms with Crippen molar-refractivity contribution >= 4 is 28.8 Å². The molecular weight excluding hydrogens is 530 g/mol. The Bertz CT molecular complexity index is 1520. The molecule has 43 heavy (non-hydrogen) atoms. The standard InChI is InChI=1S/C38H45N3O2/c1-27-12-17-31(18-13-27)40-23-22-37(3,4)33(25-40)35(42)21-16-29-24-41(32-19-14-28(2)15-20-32)26-34(38(29,5)6)36(43)39-30-10-8-7-9-11-30/h7-15,17-20,25-26,29H,16,21-24H2,1-6H3,(H,39,43). The van der Waals surface area contributed by atoms with Gasteiger partial charge in [-0.15, -0.1) is 0 Å². The minimum atomic E-state index is -0.426. The molecule has 1 unspecified atom stereocenters. The molecule has 5 nitrogen and oxygen atoms in total. The van der Waals surface area contributed by atoms with Crippen molar-refractivity contribution in [2.45, 2.75) is 60.8 Å². The van der Waals surface area contributed by atoms with Gasteiger partial charge >= 0.3 is 0 Å². The van der Waals surface area contributed by atoms with Gasteiger partial charge in [0.25, 0.3) is 5.91 Å². The zero-order chi connectivity index (χ0) is 30.8. The van der Waals surface area contributed by atoms with Crippen LogP contribution in [0.5, 0.6) is 0 Å². The fourth-order valence-electron chi connectivity index (χ4n) is 6.26. The van der Waals surface area contributed by atoms with Crippen LogP contribution >= 0.6 is 0 Å². The monoisotopic (exact) mass is 575 g/mol. The number of hydrogen-bond acceptors (Lipinski definition) is 4. The quantitative estimate of drug-likeness (QED) is 0.293. The van der Waals surface area contributed by atoms with Gasteiger partial charge in [0.1, 0.15) is 0 Å². The van der Waals surface area contributed by atoms with Gasteiger partial charge in [-0.3, -0.25) is 9.59 Å². The number of anilines is 3. The second-order valence-corrected chi connectivity index (χ2v) is 13.4. The lowest BCUT2D eigenvalue weighted by Gasteiger charge is -2.44. The lowest BCUT2D eigenvalue weighted by Crippen LogP contribution is -2.44. The average molecular weight is 576 g/mol. The number of aryl methyl sites for hydroxylation is 2. The summed E-state index contributed by atoms with van der Waals surface area (Å²) in [5, 5.41) is 3.10. The first kappa shape index (κ1) is 30.3. The Morgan fingerprint density at radius 2 is 1.33 bits per heavy atom. The van der Waals surface area contributed by atoms with Gasteiger partial charge in [0.05, 0.1) is 0 Å². The Balaban J connectivity index is 1.39. The van der Waals surface area contributed by atoms with Gasteiger partial charge in [0.15, 0.2) is 5.78 Å². The smallest absolute Gasteiger partial charge is 0.253 e. The first-order chi connectivity index (χ1) is 20.4. The number of allylic oxidation sites excluding steroid dienone is 1. The van der Waals surface area contributed by atoms with Crippen molar-refractivity contribution in [3.8, 4) is 0 Å². The number of Topliss-reactive ketones (excluding diaryl/α,β-unsaturated/α-hetero) is 1. The minimum absolute atomic E-state index is 0.0970. The van der Waals surface area contributed by atoms with Crippen LogP contribution in [0.3, 0.4) is 0 Å². The minimum Gasteiger partial charge on any atom is -0.348 e. The molecule has 2 heterocycles. The molecule has 2 aliphatic heterocycles. The Hall–Kier alpha value is -4.12. The largest absolute Gasteiger partial charge is 0.348 e. The molecule has 224 valence electrons. The molecule has 0 spiro atoms. The fourth-order valence-corrected chi connectivity index (χ4v) is 6.26. The van der Waals surface area contributed by atoms with Crippen LogP contribution in [0.25, 0.3) is 0 Å². The number of amides is 1. The highest BCUT2D eigenvalue weighted by molar-refractivity contribution is 6.05. The third-order valence-electron chi connectivity index (χ3n) is 9.44. The average Bonchev–Trinajstić information content (AvgIpc) is 2.97. The van der Waals surface area contributed by atoms with Gasteiger partial charge in [-0.1, -0.05) is 81.3 Å². The van der Waals surface area contributed by atoms with Crippen LogP contribution in [0.15, 0.2) is 102 Å². The van der Waals surface area contributed by atoms with Crippen molar-refractivity contribution in [3.05, 3.63) is 114 Å². The third-order valence-corrected chi connectivity index (χ3v) is 9.44. The van der Waals surface area contributed by atoms with E-state index in [1.807, 2.05) is 36.5 Å². The second-order valence-electron chi connectivity index (χ2n) is 13.4. The van der Waals surface area contributed by atoms with E-state index in [0.717, 1.165) is 47.7 Å². The summed E-state index contributed by atoms with van der Waals surface area (Å²) in [6, 6.07) is 26.5. The molecule has 3 aromatic carbocycles. The second kappa shape index (κ2) is 12.2. The van der Waals surface area contributed by atoms with E-state index in [0.29, 0.717) is 12.8 Å². The number of nitrogens with one attached hydrogen (secondary N) is 1. The maximum atomic E-state index is 13.9. The number of ketones is 1. The number of carbonyl (C=O) groups excluding carboxylic acids is 2. The van der Waals surface area contributed by atoms with Crippen LogP contribution in [0, 0.1) is 30.6 Å². The van der Waals surface area contributed by atoms with E-state index < -0.39 is 5.41 Å². The third kappa shape index (κ3) is 6.77. The van der Waals surface area contributed by atoms with E-state index in [1.165, 1.54) is 11.1 Å². The van der Waals surface area contributed by atoms with E-state index in [-0.39, 0.29) is 23.0 Å². The molecule has 0 radical (unpaired) electrons. The van der Waals surface area contributed by atoms with E-state index >= 15 is 0 Å². The molecule has 5 heteroatoms. The molecule has 0 aliphatic carbocycles. The molecule has 0 saturated heterocycles. The maximum Gasteiger partial charge on any atom is 0.253 e. The Morgan fingerprint density at radius 3 is 1.93 bits per heavy atom. The summed E-state index contributed by atoms with van der Waals surface area (Å²) in [6.07, 6.45) is 6.15. The van der Waals surface area contributed by atoms with Crippen LogP contribution in [0.4, 0.5) is 17.1 Å². The van der Waals surface area contributed by atoms with Crippen molar-refractivity contribution in [3.63, 3.8) is 0 Å². The molecule has 3 aromatic rings. The van der Waals surface area contributed by atoms with Crippen molar-refractivity contribution in [2.75, 3.05) is 28.2 Å². The lowest BCUT2D eigenvalue weighted by atomic mass is 9.68. The summed E-state index contributed by atoms with van der Waals surface area (Å²) in [7, 11) is 0. The summed E-state index contributed by atoms with van der Waals surface area (Å²) in [5.74, 6) is 0.193. The lowest BCUT2D eigenvalue weighted by molar-refractivity contribution is -0.117. The molecule has 0 bridgehead atoms. The normalized spacial score (nSPS) is 19.3. The number of hydrogen-bond donors (Lipinski definition) is 1. The molecule has 5 rings (SSSR count). The van der Waals surface area contributed by atoms with E-state index in [1.54, 1.807) is 0 Å². The Labute approximate surface area is 257 Å². The molecule has 1 N–H and O–H groups in total. The van der Waals surface area contributed by atoms with E-state index in [4.69, 9.17) is 0 Å². The van der Waals surface area contributed by atoms with Gasteiger partial charge in [0, 0.05) is 65.5 Å². The highest BCUT2D eigenvalue weighted by Crippen LogP contribution is 2.44. The van der Waals surface area contributed by atoms with Crippen LogP contribution in [0.1, 0.15) is 58.1 Å². The highest BCUT2D eigenvalue weighted by Gasteiger charge is 2.42. The summed E-state index contributed by atoms with van der Waals surface area (Å²) in [6.45, 7) is 14.5. The van der Waals surface area contributed by atoms with Gasteiger partial charge < -0.3 is 15.1 Å². The van der Waals surface area contributed by atoms with Crippen molar-refractivity contribution in [1.82, 2.24) is 0 Å². The zero-order valence-electron chi connectivity index (χ0n) is 26.5. The Kier molecular flexibility index (Phi) is 8.64. The van der Waals surface area contributed by atoms with Crippen molar-refractivity contribution in [2.24, 2.45) is 16.7 Å². The topological polar surface area (TPSA) is 52.7 Å².